The molecular formula is C14H14ClFN2O2S. The summed E-state index contributed by atoms with van der Waals surface area (Å²) in [4.78, 5) is -0.0162. The smallest absolute Gasteiger partial charge is 0.262 e. The lowest BCUT2D eigenvalue weighted by molar-refractivity contribution is 0.598. The first-order valence-electron chi connectivity index (χ1n) is 6.05. The molecule has 0 atom stereocenters. The molecule has 0 amide bonds. The second kappa shape index (κ2) is 5.54. The van der Waals surface area contributed by atoms with Crippen LogP contribution < -0.4 is 10.5 Å². The Labute approximate surface area is 127 Å². The molecule has 21 heavy (non-hydrogen) atoms. The summed E-state index contributed by atoms with van der Waals surface area (Å²) in [5.74, 6) is -0.747. The van der Waals surface area contributed by atoms with E-state index in [4.69, 9.17) is 17.3 Å². The van der Waals surface area contributed by atoms with Gasteiger partial charge in [0.05, 0.1) is 10.6 Å². The van der Waals surface area contributed by atoms with E-state index in [1.54, 1.807) is 13.8 Å². The van der Waals surface area contributed by atoms with Gasteiger partial charge in [-0.25, -0.2) is 12.8 Å². The molecule has 4 nitrogen and oxygen atoms in total. The van der Waals surface area contributed by atoms with Crippen LogP contribution in [0.5, 0.6) is 0 Å². The highest BCUT2D eigenvalue weighted by molar-refractivity contribution is 7.92. The first-order valence-corrected chi connectivity index (χ1v) is 7.91. The van der Waals surface area contributed by atoms with E-state index in [1.165, 1.54) is 24.3 Å². The van der Waals surface area contributed by atoms with Gasteiger partial charge in [0, 0.05) is 10.7 Å². The van der Waals surface area contributed by atoms with E-state index >= 15 is 0 Å². The molecule has 112 valence electrons. The molecule has 0 saturated carbocycles. The lowest BCUT2D eigenvalue weighted by Gasteiger charge is -2.12. The quantitative estimate of drug-likeness (QED) is 0.847. The van der Waals surface area contributed by atoms with Crippen LogP contribution in [0.3, 0.4) is 0 Å². The van der Waals surface area contributed by atoms with Crippen molar-refractivity contribution in [2.24, 2.45) is 0 Å². The fourth-order valence-corrected chi connectivity index (χ4v) is 3.13. The zero-order chi connectivity index (χ0) is 15.8. The first kappa shape index (κ1) is 15.6. The highest BCUT2D eigenvalue weighted by Gasteiger charge is 2.18. The molecule has 0 unspecified atom stereocenters. The van der Waals surface area contributed by atoms with Crippen LogP contribution in [0.25, 0.3) is 0 Å². The largest absolute Gasteiger partial charge is 0.398 e. The Balaban J connectivity index is 2.43. The van der Waals surface area contributed by atoms with Crippen molar-refractivity contribution in [2.75, 3.05) is 10.5 Å². The maximum Gasteiger partial charge on any atom is 0.262 e. The fourth-order valence-electron chi connectivity index (χ4n) is 1.78. The van der Waals surface area contributed by atoms with E-state index in [9.17, 15) is 12.8 Å². The minimum atomic E-state index is -3.92. The second-order valence-electron chi connectivity index (χ2n) is 4.68. The molecule has 0 aliphatic heterocycles. The molecule has 0 aliphatic rings. The van der Waals surface area contributed by atoms with Crippen LogP contribution >= 0.6 is 11.6 Å². The number of benzene rings is 2. The highest BCUT2D eigenvalue weighted by Crippen LogP contribution is 2.25. The number of anilines is 2. The van der Waals surface area contributed by atoms with Crippen LogP contribution in [0.15, 0.2) is 35.2 Å². The van der Waals surface area contributed by atoms with Gasteiger partial charge in [0.2, 0.25) is 0 Å². The predicted octanol–water partition coefficient (Wildman–Crippen LogP) is 3.48. The normalized spacial score (nSPS) is 11.4. The lowest BCUT2D eigenvalue weighted by atomic mass is 10.1. The van der Waals surface area contributed by atoms with Crippen LogP contribution in [0.4, 0.5) is 15.8 Å². The summed E-state index contributed by atoms with van der Waals surface area (Å²) in [5, 5.41) is 0.186. The van der Waals surface area contributed by atoms with Crippen LogP contribution in [0.2, 0.25) is 5.02 Å². The van der Waals surface area contributed by atoms with Crippen LogP contribution in [-0.4, -0.2) is 8.42 Å². The zero-order valence-corrected chi connectivity index (χ0v) is 13.0. The Kier molecular flexibility index (Phi) is 4.11. The average molecular weight is 329 g/mol. The minimum Gasteiger partial charge on any atom is -0.398 e. The first-order chi connectivity index (χ1) is 9.70. The predicted molar refractivity (Wildman–Crippen MR) is 82.5 cm³/mol. The molecule has 2 aromatic carbocycles. The highest BCUT2D eigenvalue weighted by atomic mass is 35.5. The average Bonchev–Trinajstić information content (AvgIpc) is 2.38. The van der Waals surface area contributed by atoms with Crippen molar-refractivity contribution in [3.8, 4) is 0 Å². The third-order valence-corrected chi connectivity index (χ3v) is 4.75. The molecule has 0 heterocycles. The molecule has 0 spiro atoms. The Morgan fingerprint density at radius 2 is 1.86 bits per heavy atom. The molecule has 2 aromatic rings. The fraction of sp³-hybridized carbons (Fsp3) is 0.143. The lowest BCUT2D eigenvalue weighted by Crippen LogP contribution is -2.15. The van der Waals surface area contributed by atoms with Gasteiger partial charge in [0.15, 0.2) is 0 Å². The molecule has 0 fully saturated rings. The van der Waals surface area contributed by atoms with Gasteiger partial charge in [-0.3, -0.25) is 4.72 Å². The van der Waals surface area contributed by atoms with Gasteiger partial charge in [0.1, 0.15) is 5.82 Å². The van der Waals surface area contributed by atoms with Gasteiger partial charge in [0.25, 0.3) is 10.0 Å². The number of aryl methyl sites for hydroxylation is 1. The van der Waals surface area contributed by atoms with Gasteiger partial charge >= 0.3 is 0 Å². The van der Waals surface area contributed by atoms with E-state index in [2.05, 4.69) is 4.72 Å². The van der Waals surface area contributed by atoms with Crippen molar-refractivity contribution in [2.45, 2.75) is 18.7 Å². The third-order valence-electron chi connectivity index (χ3n) is 3.17. The second-order valence-corrected chi connectivity index (χ2v) is 6.80. The Morgan fingerprint density at radius 1 is 1.19 bits per heavy atom. The number of rotatable bonds is 3. The van der Waals surface area contributed by atoms with Crippen LogP contribution in [-0.2, 0) is 10.0 Å². The van der Waals surface area contributed by atoms with Gasteiger partial charge in [-0.15, -0.1) is 0 Å². The van der Waals surface area contributed by atoms with Crippen molar-refractivity contribution in [1.82, 2.24) is 0 Å². The van der Waals surface area contributed by atoms with E-state index in [-0.39, 0.29) is 15.6 Å². The Hall–Kier alpha value is -1.79. The van der Waals surface area contributed by atoms with Crippen molar-refractivity contribution in [3.63, 3.8) is 0 Å². The van der Waals surface area contributed by atoms with Crippen LogP contribution in [0.1, 0.15) is 11.1 Å². The molecule has 0 bridgehead atoms. The summed E-state index contributed by atoms with van der Waals surface area (Å²) in [6.45, 7) is 3.56. The van der Waals surface area contributed by atoms with Crippen molar-refractivity contribution >= 4 is 33.0 Å². The van der Waals surface area contributed by atoms with Gasteiger partial charge in [-0.2, -0.15) is 0 Å². The topological polar surface area (TPSA) is 72.2 Å². The summed E-state index contributed by atoms with van der Waals surface area (Å²) in [7, 11) is -3.92. The molecule has 0 aliphatic carbocycles. The summed E-state index contributed by atoms with van der Waals surface area (Å²) < 4.78 is 40.4. The number of hydrogen-bond acceptors (Lipinski definition) is 3. The number of hydrogen-bond donors (Lipinski definition) is 2. The molecule has 3 N–H and O–H groups in total. The number of nitrogens with two attached hydrogens (primary N) is 1. The molecule has 0 saturated heterocycles. The maximum atomic E-state index is 13.7. The number of sulfonamides is 1. The van der Waals surface area contributed by atoms with Crippen molar-refractivity contribution in [3.05, 3.63) is 52.3 Å². The number of nitrogens with one attached hydrogen (secondary N) is 1. The molecule has 2 rings (SSSR count). The van der Waals surface area contributed by atoms with E-state index in [0.717, 1.165) is 17.2 Å². The molecule has 0 radical (unpaired) electrons. The summed E-state index contributed by atoms with van der Waals surface area (Å²) in [5.41, 5.74) is 7.53. The number of nitrogen functional groups attached to an aromatic ring is 1. The molecule has 7 heteroatoms. The number of halogens is 2. The monoisotopic (exact) mass is 328 g/mol. The van der Waals surface area contributed by atoms with E-state index in [1.807, 2.05) is 0 Å². The minimum absolute atomic E-state index is 0.0162. The van der Waals surface area contributed by atoms with Gasteiger partial charge in [-0.1, -0.05) is 11.6 Å². The summed E-state index contributed by atoms with van der Waals surface area (Å²) in [6.07, 6.45) is 0. The van der Waals surface area contributed by atoms with Gasteiger partial charge < -0.3 is 5.73 Å². The Morgan fingerprint density at radius 3 is 2.43 bits per heavy atom. The molecular weight excluding hydrogens is 315 g/mol. The van der Waals surface area contributed by atoms with Gasteiger partial charge in [-0.05, 0) is 55.3 Å². The van der Waals surface area contributed by atoms with Crippen molar-refractivity contribution in [1.29, 1.82) is 0 Å². The maximum absolute atomic E-state index is 13.7. The zero-order valence-electron chi connectivity index (χ0n) is 11.4. The summed E-state index contributed by atoms with van der Waals surface area (Å²) >= 11 is 5.63. The molecule has 0 aromatic heterocycles. The van der Waals surface area contributed by atoms with Crippen molar-refractivity contribution < 1.29 is 12.8 Å². The standard InChI is InChI=1S/C14H14ClFN2O2S/c1-8-5-11(7-13(17)9(8)2)21(19,20)18-14-4-3-10(15)6-12(14)16/h3-7,18H,17H2,1-2H3. The Bertz CT molecular complexity index is 784. The third kappa shape index (κ3) is 3.28. The summed E-state index contributed by atoms with van der Waals surface area (Å²) in [6, 6.07) is 6.53. The van der Waals surface area contributed by atoms with E-state index < -0.39 is 15.8 Å². The SMILES string of the molecule is Cc1cc(S(=O)(=O)Nc2ccc(Cl)cc2F)cc(N)c1C. The van der Waals surface area contributed by atoms with E-state index in [0.29, 0.717) is 5.69 Å². The van der Waals surface area contributed by atoms with Crippen LogP contribution in [0, 0.1) is 19.7 Å².